The minimum atomic E-state index is -1.62. The first-order chi connectivity index (χ1) is 13.7. The maximum Gasteiger partial charge on any atom is 0.342 e. The van der Waals surface area contributed by atoms with Crippen LogP contribution < -0.4 is 11.1 Å². The number of nitrogens with one attached hydrogen (secondary N) is 1. The van der Waals surface area contributed by atoms with Crippen LogP contribution in [0.25, 0.3) is 0 Å². The van der Waals surface area contributed by atoms with Crippen LogP contribution in [0, 0.1) is 5.92 Å². The third kappa shape index (κ3) is 4.51. The van der Waals surface area contributed by atoms with Gasteiger partial charge in [0.25, 0.3) is 5.91 Å². The number of phenols is 1. The Balaban J connectivity index is 1.75. The summed E-state index contributed by atoms with van der Waals surface area (Å²) in [6, 6.07) is 3.43. The number of carbonyl (C=O) groups excluding carboxylic acids is 3. The van der Waals surface area contributed by atoms with Crippen molar-refractivity contribution >= 4 is 17.8 Å². The summed E-state index contributed by atoms with van der Waals surface area (Å²) in [4.78, 5) is 36.4. The van der Waals surface area contributed by atoms with Crippen molar-refractivity contribution in [2.75, 3.05) is 0 Å². The van der Waals surface area contributed by atoms with E-state index in [0.717, 1.165) is 0 Å². The molecule has 3 rings (SSSR count). The van der Waals surface area contributed by atoms with Gasteiger partial charge in [-0.25, -0.2) is 4.79 Å². The van der Waals surface area contributed by atoms with E-state index in [0.29, 0.717) is 18.4 Å². The zero-order valence-electron chi connectivity index (χ0n) is 16.3. The SMILES string of the molecule is CC(C)C[C@H](NC(=O)C(O)C1OC(=O)CC1N)[C@@H]1Cc2cccc(O)c2C(=O)O1. The molecule has 0 spiro atoms. The van der Waals surface area contributed by atoms with Crippen molar-refractivity contribution in [3.8, 4) is 5.75 Å². The number of hydrogen-bond donors (Lipinski definition) is 4. The molecule has 3 unspecified atom stereocenters. The van der Waals surface area contributed by atoms with Crippen LogP contribution in [0.3, 0.4) is 0 Å². The molecule has 2 aliphatic heterocycles. The number of aromatic hydroxyl groups is 1. The van der Waals surface area contributed by atoms with Crippen molar-refractivity contribution in [2.24, 2.45) is 11.7 Å². The Morgan fingerprint density at radius 3 is 2.62 bits per heavy atom. The van der Waals surface area contributed by atoms with Crippen molar-refractivity contribution in [1.82, 2.24) is 5.32 Å². The first-order valence-corrected chi connectivity index (χ1v) is 9.62. The monoisotopic (exact) mass is 406 g/mol. The van der Waals surface area contributed by atoms with Crippen molar-refractivity contribution in [3.63, 3.8) is 0 Å². The first kappa shape index (κ1) is 21.1. The Bertz CT molecular complexity index is 810. The predicted octanol–water partition coefficient (Wildman–Crippen LogP) is 0.00830. The summed E-state index contributed by atoms with van der Waals surface area (Å²) in [5.41, 5.74) is 6.52. The van der Waals surface area contributed by atoms with Crippen molar-refractivity contribution in [3.05, 3.63) is 29.3 Å². The average molecular weight is 406 g/mol. The van der Waals surface area contributed by atoms with Crippen molar-refractivity contribution in [1.29, 1.82) is 0 Å². The molecule has 1 aromatic carbocycles. The maximum atomic E-state index is 12.6. The Morgan fingerprint density at radius 1 is 1.28 bits per heavy atom. The van der Waals surface area contributed by atoms with Crippen LogP contribution in [0.1, 0.15) is 42.6 Å². The molecule has 1 amide bonds. The standard InChI is InChI=1S/C20H26N2O7/c1-9(2)6-12(22-19(26)17(25)18-11(21)8-15(24)29-18)14-7-10-4-3-5-13(23)16(10)20(27)28-14/h3-5,9,11-12,14,17-18,23,25H,6-8,21H2,1-2H3,(H,22,26)/t11?,12-,14-,17?,18?/m0/s1. The number of cyclic esters (lactones) is 2. The van der Waals surface area contributed by atoms with E-state index in [-0.39, 0.29) is 23.7 Å². The molecule has 1 saturated heterocycles. The highest BCUT2D eigenvalue weighted by molar-refractivity contribution is 5.95. The average Bonchev–Trinajstić information content (AvgIpc) is 2.97. The van der Waals surface area contributed by atoms with Crippen LogP contribution in [0.2, 0.25) is 0 Å². The zero-order valence-corrected chi connectivity index (χ0v) is 16.3. The van der Waals surface area contributed by atoms with Gasteiger partial charge in [0.1, 0.15) is 17.4 Å². The Morgan fingerprint density at radius 2 is 2.00 bits per heavy atom. The number of esters is 2. The summed E-state index contributed by atoms with van der Waals surface area (Å²) >= 11 is 0. The normalized spacial score (nSPS) is 25.8. The van der Waals surface area contributed by atoms with Gasteiger partial charge in [-0.1, -0.05) is 26.0 Å². The molecule has 5 N–H and O–H groups in total. The number of benzene rings is 1. The lowest BCUT2D eigenvalue weighted by molar-refractivity contribution is -0.150. The lowest BCUT2D eigenvalue weighted by atomic mass is 9.90. The van der Waals surface area contributed by atoms with Gasteiger partial charge in [0.2, 0.25) is 0 Å². The molecule has 2 heterocycles. The fourth-order valence-corrected chi connectivity index (χ4v) is 3.79. The van der Waals surface area contributed by atoms with E-state index in [2.05, 4.69) is 5.32 Å². The third-order valence-corrected chi connectivity index (χ3v) is 5.19. The van der Waals surface area contributed by atoms with Gasteiger partial charge >= 0.3 is 11.9 Å². The Hall–Kier alpha value is -2.65. The summed E-state index contributed by atoms with van der Waals surface area (Å²) in [6.07, 6.45) is -2.68. The van der Waals surface area contributed by atoms with E-state index in [1.54, 1.807) is 12.1 Å². The van der Waals surface area contributed by atoms with Gasteiger partial charge in [0.15, 0.2) is 12.2 Å². The summed E-state index contributed by atoms with van der Waals surface area (Å²) in [7, 11) is 0. The molecule has 9 nitrogen and oxygen atoms in total. The number of aliphatic hydroxyl groups is 1. The van der Waals surface area contributed by atoms with Gasteiger partial charge in [-0.05, 0) is 24.0 Å². The van der Waals surface area contributed by atoms with Crippen molar-refractivity contribution in [2.45, 2.75) is 63.5 Å². The number of nitrogens with two attached hydrogens (primary N) is 1. The molecule has 0 bridgehead atoms. The van der Waals surface area contributed by atoms with Gasteiger partial charge < -0.3 is 30.7 Å². The summed E-state index contributed by atoms with van der Waals surface area (Å²) in [5.74, 6) is -1.96. The molecule has 2 aliphatic rings. The number of fused-ring (bicyclic) bond motifs is 1. The molecular formula is C20H26N2O7. The summed E-state index contributed by atoms with van der Waals surface area (Å²) < 4.78 is 10.4. The maximum absolute atomic E-state index is 12.6. The number of rotatable bonds is 6. The van der Waals surface area contributed by atoms with Crippen LogP contribution in [0.15, 0.2) is 18.2 Å². The second-order valence-corrected chi connectivity index (χ2v) is 7.97. The molecule has 9 heteroatoms. The van der Waals surface area contributed by atoms with Crippen LogP contribution in [-0.2, 0) is 25.5 Å². The lowest BCUT2D eigenvalue weighted by Gasteiger charge is -2.33. The molecule has 5 atom stereocenters. The Kier molecular flexibility index (Phi) is 6.09. The smallest absolute Gasteiger partial charge is 0.342 e. The van der Waals surface area contributed by atoms with Gasteiger partial charge in [0, 0.05) is 6.42 Å². The predicted molar refractivity (Wildman–Crippen MR) is 101 cm³/mol. The van der Waals surface area contributed by atoms with E-state index in [1.807, 2.05) is 13.8 Å². The van der Waals surface area contributed by atoms with Crippen molar-refractivity contribution < 1.29 is 34.1 Å². The number of amides is 1. The highest BCUT2D eigenvalue weighted by Gasteiger charge is 2.42. The molecule has 1 fully saturated rings. The van der Waals surface area contributed by atoms with Crippen LogP contribution in [-0.4, -0.2) is 58.5 Å². The quantitative estimate of drug-likeness (QED) is 0.483. The topological polar surface area (TPSA) is 148 Å². The largest absolute Gasteiger partial charge is 0.507 e. The van der Waals surface area contributed by atoms with E-state index in [9.17, 15) is 24.6 Å². The van der Waals surface area contributed by atoms with E-state index < -0.39 is 48.2 Å². The zero-order chi connectivity index (χ0) is 21.3. The minimum absolute atomic E-state index is 0.0645. The number of phenolic OH excluding ortho intramolecular Hbond substituents is 1. The van der Waals surface area contributed by atoms with E-state index >= 15 is 0 Å². The number of carbonyl (C=O) groups is 3. The third-order valence-electron chi connectivity index (χ3n) is 5.19. The van der Waals surface area contributed by atoms with Gasteiger partial charge in [-0.15, -0.1) is 0 Å². The number of hydrogen-bond acceptors (Lipinski definition) is 8. The fraction of sp³-hybridized carbons (Fsp3) is 0.550. The van der Waals surface area contributed by atoms with E-state index in [4.69, 9.17) is 15.2 Å². The first-order valence-electron chi connectivity index (χ1n) is 9.62. The number of aliphatic hydroxyl groups excluding tert-OH is 1. The minimum Gasteiger partial charge on any atom is -0.507 e. The van der Waals surface area contributed by atoms with E-state index in [1.165, 1.54) is 6.07 Å². The molecule has 158 valence electrons. The summed E-state index contributed by atoms with van der Waals surface area (Å²) in [6.45, 7) is 3.91. The van der Waals surface area contributed by atoms with Crippen LogP contribution >= 0.6 is 0 Å². The van der Waals surface area contributed by atoms with Gasteiger partial charge in [0.05, 0.1) is 18.5 Å². The molecule has 29 heavy (non-hydrogen) atoms. The van der Waals surface area contributed by atoms with Crippen LogP contribution in [0.4, 0.5) is 0 Å². The highest BCUT2D eigenvalue weighted by Crippen LogP contribution is 2.30. The summed E-state index contributed by atoms with van der Waals surface area (Å²) in [5, 5.41) is 23.0. The molecular weight excluding hydrogens is 380 g/mol. The van der Waals surface area contributed by atoms with Gasteiger partial charge in [-0.2, -0.15) is 0 Å². The molecule has 0 aliphatic carbocycles. The number of ether oxygens (including phenoxy) is 2. The fourth-order valence-electron chi connectivity index (χ4n) is 3.79. The molecule has 1 aromatic rings. The highest BCUT2D eigenvalue weighted by atomic mass is 16.6. The lowest BCUT2D eigenvalue weighted by Crippen LogP contribution is -2.55. The second kappa shape index (κ2) is 8.38. The van der Waals surface area contributed by atoms with Gasteiger partial charge in [-0.3, -0.25) is 9.59 Å². The molecule has 0 radical (unpaired) electrons. The molecule has 0 saturated carbocycles. The second-order valence-electron chi connectivity index (χ2n) is 7.97. The Labute approximate surface area is 168 Å². The van der Waals surface area contributed by atoms with Crippen LogP contribution in [0.5, 0.6) is 5.75 Å². The molecule has 0 aromatic heterocycles.